The van der Waals surface area contributed by atoms with Crippen LogP contribution in [0.3, 0.4) is 0 Å². The predicted molar refractivity (Wildman–Crippen MR) is 124 cm³/mol. The van der Waals surface area contributed by atoms with Crippen LogP contribution in [0.4, 0.5) is 11.4 Å². The highest BCUT2D eigenvalue weighted by molar-refractivity contribution is 9.10. The molecule has 0 spiro atoms. The van der Waals surface area contributed by atoms with Crippen LogP contribution in [0, 0.1) is 0 Å². The minimum atomic E-state index is -0.181. The number of hydrogen-bond acceptors (Lipinski definition) is 4. The van der Waals surface area contributed by atoms with Crippen LogP contribution in [-0.2, 0) is 0 Å². The largest absolute Gasteiger partial charge is 0.362 e. The van der Waals surface area contributed by atoms with Gasteiger partial charge in [-0.1, -0.05) is 51.8 Å². The Balaban J connectivity index is 1.48. The van der Waals surface area contributed by atoms with E-state index in [0.29, 0.717) is 17.0 Å². The number of carbonyl (C=O) groups is 1. The third-order valence-electron chi connectivity index (χ3n) is 5.36. The van der Waals surface area contributed by atoms with Crippen molar-refractivity contribution in [2.45, 2.75) is 18.6 Å². The molecule has 0 saturated heterocycles. The van der Waals surface area contributed by atoms with Crippen LogP contribution in [0.25, 0.3) is 0 Å². The zero-order valence-electron chi connectivity index (χ0n) is 15.8. The number of nitrogens with zero attached hydrogens (tertiary/aromatic N) is 2. The van der Waals surface area contributed by atoms with Crippen LogP contribution in [0.1, 0.15) is 22.3 Å². The van der Waals surface area contributed by atoms with Crippen LogP contribution >= 0.6 is 27.5 Å². The van der Waals surface area contributed by atoms with Gasteiger partial charge in [0, 0.05) is 21.5 Å². The van der Waals surface area contributed by atoms with Gasteiger partial charge in [0.25, 0.3) is 5.91 Å². The number of hydrazone groups is 1. The van der Waals surface area contributed by atoms with Gasteiger partial charge >= 0.3 is 0 Å². The van der Waals surface area contributed by atoms with E-state index in [4.69, 9.17) is 16.7 Å². The number of amides is 1. The fourth-order valence-corrected chi connectivity index (χ4v) is 4.22. The molecule has 0 aromatic heterocycles. The molecule has 3 aromatic carbocycles. The lowest BCUT2D eigenvalue weighted by Crippen LogP contribution is -2.46. The molecule has 2 aliphatic heterocycles. The number of halogens is 2. The summed E-state index contributed by atoms with van der Waals surface area (Å²) in [5.74, 6) is -0.150. The van der Waals surface area contributed by atoms with Crippen molar-refractivity contribution in [3.63, 3.8) is 0 Å². The Morgan fingerprint density at radius 2 is 1.60 bits per heavy atom. The molecule has 7 heteroatoms. The van der Waals surface area contributed by atoms with Crippen LogP contribution < -0.4 is 10.6 Å². The fraction of sp³-hybridized carbons (Fsp3) is 0.130. The molecule has 5 nitrogen and oxygen atoms in total. The molecule has 2 N–H and O–H groups in total. The number of rotatable bonds is 3. The van der Waals surface area contributed by atoms with Crippen molar-refractivity contribution in [2.75, 3.05) is 10.6 Å². The molecule has 0 fully saturated rings. The second-order valence-corrected chi connectivity index (χ2v) is 8.65. The summed E-state index contributed by atoms with van der Waals surface area (Å²) in [5.41, 5.74) is 4.50. The van der Waals surface area contributed by atoms with Crippen LogP contribution in [-0.4, -0.2) is 28.8 Å². The van der Waals surface area contributed by atoms with Gasteiger partial charge in [0.15, 0.2) is 0 Å². The molecule has 0 saturated carbocycles. The maximum Gasteiger partial charge on any atom is 0.274 e. The molecule has 30 heavy (non-hydrogen) atoms. The molecule has 2 heterocycles. The topological polar surface area (TPSA) is 56.7 Å². The van der Waals surface area contributed by atoms with Crippen molar-refractivity contribution in [2.24, 2.45) is 5.10 Å². The molecule has 2 aliphatic rings. The van der Waals surface area contributed by atoms with Gasteiger partial charge in [0.05, 0.1) is 17.1 Å². The number of fused-ring (bicyclic) bond motifs is 1. The average Bonchev–Trinajstić information content (AvgIpc) is 3.39. The summed E-state index contributed by atoms with van der Waals surface area (Å²) in [5, 5.41) is 13.9. The Hall–Kier alpha value is -2.83. The van der Waals surface area contributed by atoms with Crippen molar-refractivity contribution in [1.82, 2.24) is 5.01 Å². The highest BCUT2D eigenvalue weighted by Gasteiger charge is 2.40. The van der Waals surface area contributed by atoms with E-state index in [1.165, 1.54) is 0 Å². The molecule has 150 valence electrons. The van der Waals surface area contributed by atoms with Gasteiger partial charge in [-0.25, -0.2) is 5.01 Å². The minimum absolute atomic E-state index is 0.143. The second kappa shape index (κ2) is 7.78. The van der Waals surface area contributed by atoms with E-state index in [1.807, 2.05) is 48.5 Å². The molecule has 1 amide bonds. The fourth-order valence-electron chi connectivity index (χ4n) is 3.83. The maximum atomic E-state index is 13.3. The Morgan fingerprint density at radius 1 is 0.967 bits per heavy atom. The van der Waals surface area contributed by atoms with E-state index in [1.54, 1.807) is 29.3 Å². The Bertz CT molecular complexity index is 1110. The Morgan fingerprint density at radius 3 is 2.23 bits per heavy atom. The molecule has 3 aromatic rings. The Labute approximate surface area is 187 Å². The summed E-state index contributed by atoms with van der Waals surface area (Å²) >= 11 is 9.47. The Kier molecular flexibility index (Phi) is 4.97. The lowest BCUT2D eigenvalue weighted by molar-refractivity contribution is 0.0703. The van der Waals surface area contributed by atoms with Crippen molar-refractivity contribution in [3.05, 3.63) is 93.4 Å². The van der Waals surface area contributed by atoms with Crippen molar-refractivity contribution < 1.29 is 4.79 Å². The molecule has 1 atom stereocenters. The van der Waals surface area contributed by atoms with E-state index >= 15 is 0 Å². The summed E-state index contributed by atoms with van der Waals surface area (Å²) < 4.78 is 1.00. The van der Waals surface area contributed by atoms with Crippen LogP contribution in [0.2, 0.25) is 5.02 Å². The highest BCUT2D eigenvalue weighted by atomic mass is 79.9. The normalized spacial score (nSPS) is 17.9. The van der Waals surface area contributed by atoms with Gasteiger partial charge in [-0.15, -0.1) is 0 Å². The van der Waals surface area contributed by atoms with Crippen molar-refractivity contribution in [1.29, 1.82) is 0 Å². The summed E-state index contributed by atoms with van der Waals surface area (Å²) in [6.45, 7) is 0. The first-order valence-corrected chi connectivity index (χ1v) is 10.8. The lowest BCUT2D eigenvalue weighted by atomic mass is 10.0. The third-order valence-corrected chi connectivity index (χ3v) is 6.14. The molecular formula is C23H18BrClN4O. The van der Waals surface area contributed by atoms with Gasteiger partial charge in [-0.2, -0.15) is 5.10 Å². The predicted octanol–water partition coefficient (Wildman–Crippen LogP) is 5.59. The van der Waals surface area contributed by atoms with Crippen molar-refractivity contribution >= 4 is 50.5 Å². The number of para-hydroxylation sites is 2. The van der Waals surface area contributed by atoms with Gasteiger partial charge in [0.1, 0.15) is 12.2 Å². The SMILES string of the molecule is O=C(c1ccc(Cl)cc1)N1N=C(c2ccc(Br)cc2)C[C@H]1C1Nc2ccccc2N1. The smallest absolute Gasteiger partial charge is 0.274 e. The molecule has 0 aliphatic carbocycles. The van der Waals surface area contributed by atoms with Gasteiger partial charge < -0.3 is 10.6 Å². The molecule has 0 unspecified atom stereocenters. The molecule has 0 radical (unpaired) electrons. The quantitative estimate of drug-likeness (QED) is 0.513. The van der Waals surface area contributed by atoms with E-state index in [-0.39, 0.29) is 18.1 Å². The summed E-state index contributed by atoms with van der Waals surface area (Å²) in [7, 11) is 0. The molecule has 0 bridgehead atoms. The summed E-state index contributed by atoms with van der Waals surface area (Å²) in [6, 6.07) is 22.8. The first-order chi connectivity index (χ1) is 14.6. The van der Waals surface area contributed by atoms with E-state index in [0.717, 1.165) is 27.1 Å². The number of nitrogens with one attached hydrogen (secondary N) is 2. The lowest BCUT2D eigenvalue weighted by Gasteiger charge is -2.27. The monoisotopic (exact) mass is 480 g/mol. The minimum Gasteiger partial charge on any atom is -0.362 e. The molecule has 5 rings (SSSR count). The number of anilines is 2. The van der Waals surface area contributed by atoms with E-state index in [9.17, 15) is 4.79 Å². The van der Waals surface area contributed by atoms with Crippen LogP contribution in [0.5, 0.6) is 0 Å². The van der Waals surface area contributed by atoms with Crippen molar-refractivity contribution in [3.8, 4) is 0 Å². The summed E-state index contributed by atoms with van der Waals surface area (Å²) in [4.78, 5) is 13.3. The highest BCUT2D eigenvalue weighted by Crippen LogP contribution is 2.34. The first kappa shape index (κ1) is 19.2. The van der Waals surface area contributed by atoms with Gasteiger partial charge in [-0.3, -0.25) is 4.79 Å². The second-order valence-electron chi connectivity index (χ2n) is 7.29. The standard InChI is InChI=1S/C23H18BrClN4O/c24-16-9-5-14(6-10-16)20-13-21(22-26-18-3-1-2-4-19(18)27-22)29(28-20)23(30)15-7-11-17(25)12-8-15/h1-12,21-22,26-27H,13H2/t21-/m0/s1. The van der Waals surface area contributed by atoms with Gasteiger partial charge in [-0.05, 0) is 54.1 Å². The average molecular weight is 482 g/mol. The zero-order valence-corrected chi connectivity index (χ0v) is 18.2. The zero-order chi connectivity index (χ0) is 20.7. The van der Waals surface area contributed by atoms with Gasteiger partial charge in [0.2, 0.25) is 0 Å². The third kappa shape index (κ3) is 3.57. The first-order valence-electron chi connectivity index (χ1n) is 9.63. The number of benzene rings is 3. The summed E-state index contributed by atoms with van der Waals surface area (Å²) in [6.07, 6.45) is 0.495. The molecular weight excluding hydrogens is 464 g/mol. The number of carbonyl (C=O) groups excluding carboxylic acids is 1. The van der Waals surface area contributed by atoms with E-state index in [2.05, 4.69) is 26.6 Å². The van der Waals surface area contributed by atoms with E-state index < -0.39 is 0 Å². The van der Waals surface area contributed by atoms with Crippen LogP contribution in [0.15, 0.2) is 82.4 Å². The number of hydrogen-bond donors (Lipinski definition) is 2. The maximum absolute atomic E-state index is 13.3.